The van der Waals surface area contributed by atoms with Crippen molar-refractivity contribution in [3.63, 3.8) is 0 Å². The maximum absolute atomic E-state index is 12.1. The van der Waals surface area contributed by atoms with E-state index in [1.165, 1.54) is 0 Å². The molecule has 0 fully saturated rings. The van der Waals surface area contributed by atoms with E-state index in [0.29, 0.717) is 17.1 Å². The minimum Gasteiger partial charge on any atom is -0.490 e. The second kappa shape index (κ2) is 6.72. The van der Waals surface area contributed by atoms with Gasteiger partial charge in [0.2, 0.25) is 0 Å². The van der Waals surface area contributed by atoms with Crippen LogP contribution in [0.2, 0.25) is 0 Å². The Labute approximate surface area is 139 Å². The van der Waals surface area contributed by atoms with Gasteiger partial charge in [-0.25, -0.2) is 4.79 Å². The summed E-state index contributed by atoms with van der Waals surface area (Å²) >= 11 is 0. The van der Waals surface area contributed by atoms with Gasteiger partial charge in [0.05, 0.1) is 6.61 Å². The van der Waals surface area contributed by atoms with Crippen molar-refractivity contribution in [2.75, 3.05) is 13.2 Å². The Morgan fingerprint density at radius 1 is 0.958 bits per heavy atom. The van der Waals surface area contributed by atoms with E-state index < -0.39 is 5.97 Å². The third-order valence-corrected chi connectivity index (χ3v) is 3.71. The van der Waals surface area contributed by atoms with Crippen LogP contribution in [0.3, 0.4) is 0 Å². The molecule has 0 aliphatic heterocycles. The topological polar surface area (TPSA) is 55.8 Å². The molecule has 0 heterocycles. The lowest BCUT2D eigenvalue weighted by molar-refractivity contribution is -0.129. The Morgan fingerprint density at radius 3 is 1.83 bits per heavy atom. The van der Waals surface area contributed by atoms with E-state index in [9.17, 15) is 4.79 Å². The van der Waals surface area contributed by atoms with Crippen LogP contribution in [0, 0.1) is 0 Å². The lowest BCUT2D eigenvalue weighted by Gasteiger charge is -2.16. The highest BCUT2D eigenvalue weighted by molar-refractivity contribution is 6.12. The molecule has 0 saturated carbocycles. The molecule has 0 aliphatic rings. The number of ether oxygens (including phenoxy) is 2. The van der Waals surface area contributed by atoms with Gasteiger partial charge in [-0.05, 0) is 6.92 Å². The van der Waals surface area contributed by atoms with E-state index in [4.69, 9.17) is 14.6 Å². The number of benzene rings is 3. The van der Waals surface area contributed by atoms with Crippen LogP contribution in [0.15, 0.2) is 60.7 Å². The summed E-state index contributed by atoms with van der Waals surface area (Å²) in [6, 6.07) is 15.1. The average molecular weight is 322 g/mol. The number of rotatable bonds is 5. The van der Waals surface area contributed by atoms with Crippen molar-refractivity contribution in [3.8, 4) is 11.5 Å². The monoisotopic (exact) mass is 322 g/mol. The fourth-order valence-electron chi connectivity index (χ4n) is 2.64. The highest BCUT2D eigenvalue weighted by Gasteiger charge is 2.18. The van der Waals surface area contributed by atoms with E-state index in [-0.39, 0.29) is 13.2 Å². The zero-order valence-electron chi connectivity index (χ0n) is 13.4. The molecule has 0 spiro atoms. The Bertz CT molecular complexity index is 870. The van der Waals surface area contributed by atoms with E-state index >= 15 is 0 Å². The molecule has 4 heteroatoms. The number of hydrogen-bond donors (Lipinski definition) is 1. The summed E-state index contributed by atoms with van der Waals surface area (Å²) in [5.74, 6) is 0.699. The first kappa shape index (κ1) is 16.0. The van der Waals surface area contributed by atoms with E-state index in [2.05, 4.69) is 6.58 Å². The highest BCUT2D eigenvalue weighted by Crippen LogP contribution is 2.42. The predicted molar refractivity (Wildman–Crippen MR) is 94.5 cm³/mol. The number of esters is 1. The smallest absolute Gasteiger partial charge is 0.338 e. The number of aliphatic hydroxyl groups excluding tert-OH is 1. The molecule has 3 rings (SSSR count). The Hall–Kier alpha value is -2.85. The van der Waals surface area contributed by atoms with Crippen LogP contribution >= 0.6 is 0 Å². The van der Waals surface area contributed by atoms with Gasteiger partial charge in [0.1, 0.15) is 18.1 Å². The fourth-order valence-corrected chi connectivity index (χ4v) is 2.64. The van der Waals surface area contributed by atoms with Gasteiger partial charge in [-0.15, -0.1) is 0 Å². The largest absolute Gasteiger partial charge is 0.490 e. The first-order valence-electron chi connectivity index (χ1n) is 7.68. The molecule has 24 heavy (non-hydrogen) atoms. The molecule has 4 nitrogen and oxygen atoms in total. The molecular formula is C20H18O4. The Kier molecular flexibility index (Phi) is 4.49. The predicted octanol–water partition coefficient (Wildman–Crippen LogP) is 3.85. The summed E-state index contributed by atoms with van der Waals surface area (Å²) < 4.78 is 11.4. The molecule has 122 valence electrons. The molecule has 0 unspecified atom stereocenters. The normalized spacial score (nSPS) is 10.8. The van der Waals surface area contributed by atoms with Gasteiger partial charge in [-0.3, -0.25) is 0 Å². The van der Waals surface area contributed by atoms with Crippen molar-refractivity contribution < 1.29 is 19.4 Å². The van der Waals surface area contributed by atoms with Crippen molar-refractivity contribution >= 4 is 27.5 Å². The SMILES string of the molecule is C=C(C)C(=O)Oc1c2ccccc2c(OCCO)c2ccccc12. The maximum Gasteiger partial charge on any atom is 0.338 e. The van der Waals surface area contributed by atoms with Crippen molar-refractivity contribution in [2.45, 2.75) is 6.92 Å². The summed E-state index contributed by atoms with van der Waals surface area (Å²) in [6.45, 7) is 5.38. The lowest BCUT2D eigenvalue weighted by Crippen LogP contribution is -2.09. The van der Waals surface area contributed by atoms with Gasteiger partial charge in [-0.1, -0.05) is 55.1 Å². The third-order valence-electron chi connectivity index (χ3n) is 3.71. The van der Waals surface area contributed by atoms with E-state index in [1.807, 2.05) is 48.5 Å². The van der Waals surface area contributed by atoms with Gasteiger partial charge in [0.25, 0.3) is 0 Å². The molecule has 0 amide bonds. The molecule has 3 aromatic carbocycles. The number of aliphatic hydroxyl groups is 1. The molecule has 0 radical (unpaired) electrons. The summed E-state index contributed by atoms with van der Waals surface area (Å²) in [5, 5.41) is 12.3. The second-order valence-corrected chi connectivity index (χ2v) is 5.49. The quantitative estimate of drug-likeness (QED) is 0.335. The first-order chi connectivity index (χ1) is 11.6. The molecule has 1 N–H and O–H groups in total. The number of fused-ring (bicyclic) bond motifs is 2. The van der Waals surface area contributed by atoms with Gasteiger partial charge < -0.3 is 14.6 Å². The fraction of sp³-hybridized carbons (Fsp3) is 0.150. The highest BCUT2D eigenvalue weighted by atomic mass is 16.5. The van der Waals surface area contributed by atoms with Crippen molar-refractivity contribution in [3.05, 3.63) is 60.7 Å². The summed E-state index contributed by atoms with van der Waals surface area (Å²) in [4.78, 5) is 12.1. The van der Waals surface area contributed by atoms with Crippen LogP contribution in [-0.2, 0) is 4.79 Å². The molecular weight excluding hydrogens is 304 g/mol. The van der Waals surface area contributed by atoms with Gasteiger partial charge >= 0.3 is 5.97 Å². The average Bonchev–Trinajstić information content (AvgIpc) is 2.60. The van der Waals surface area contributed by atoms with Crippen LogP contribution in [0.1, 0.15) is 6.92 Å². The molecule has 0 aromatic heterocycles. The van der Waals surface area contributed by atoms with Crippen LogP contribution < -0.4 is 9.47 Å². The molecule has 0 aliphatic carbocycles. The molecule has 3 aromatic rings. The summed E-state index contributed by atoms with van der Waals surface area (Å²) in [6.07, 6.45) is 0. The molecule has 0 atom stereocenters. The minimum atomic E-state index is -0.464. The van der Waals surface area contributed by atoms with Crippen molar-refractivity contribution in [2.24, 2.45) is 0 Å². The van der Waals surface area contributed by atoms with Gasteiger partial charge in [0.15, 0.2) is 0 Å². The zero-order valence-corrected chi connectivity index (χ0v) is 13.4. The van der Waals surface area contributed by atoms with Crippen molar-refractivity contribution in [1.29, 1.82) is 0 Å². The molecule has 0 bridgehead atoms. The zero-order chi connectivity index (χ0) is 17.1. The van der Waals surface area contributed by atoms with Crippen molar-refractivity contribution in [1.82, 2.24) is 0 Å². The second-order valence-electron chi connectivity index (χ2n) is 5.49. The molecule has 0 saturated heterocycles. The summed E-state index contributed by atoms with van der Waals surface area (Å²) in [5.41, 5.74) is 0.337. The van der Waals surface area contributed by atoms with Crippen LogP contribution in [0.25, 0.3) is 21.5 Å². The third kappa shape index (κ3) is 2.84. The lowest BCUT2D eigenvalue weighted by atomic mass is 10.0. The first-order valence-corrected chi connectivity index (χ1v) is 7.68. The van der Waals surface area contributed by atoms with E-state index in [0.717, 1.165) is 21.5 Å². The standard InChI is InChI=1S/C20H18O4/c1-13(2)20(22)24-19-16-9-5-3-7-14(16)18(23-12-11-21)15-8-4-6-10-17(15)19/h3-10,21H,1,11-12H2,2H3. The number of hydrogen-bond acceptors (Lipinski definition) is 4. The van der Waals surface area contributed by atoms with Crippen LogP contribution in [0.4, 0.5) is 0 Å². The van der Waals surface area contributed by atoms with Crippen LogP contribution in [-0.4, -0.2) is 24.3 Å². The van der Waals surface area contributed by atoms with E-state index in [1.54, 1.807) is 6.92 Å². The Morgan fingerprint density at radius 2 is 1.42 bits per heavy atom. The Balaban J connectivity index is 2.33. The summed E-state index contributed by atoms with van der Waals surface area (Å²) in [7, 11) is 0. The van der Waals surface area contributed by atoms with Gasteiger partial charge in [-0.2, -0.15) is 0 Å². The van der Waals surface area contributed by atoms with Gasteiger partial charge in [0, 0.05) is 27.1 Å². The number of carbonyl (C=O) groups is 1. The van der Waals surface area contributed by atoms with Crippen LogP contribution in [0.5, 0.6) is 11.5 Å². The number of carbonyl (C=O) groups excluding carboxylic acids is 1. The minimum absolute atomic E-state index is 0.0744. The maximum atomic E-state index is 12.1.